The summed E-state index contributed by atoms with van der Waals surface area (Å²) in [4.78, 5) is 26.3. The number of ether oxygens (including phenoxy) is 1. The first kappa shape index (κ1) is 19.3. The Morgan fingerprint density at radius 1 is 1.26 bits per heavy atom. The van der Waals surface area contributed by atoms with Gasteiger partial charge in [0.2, 0.25) is 11.8 Å². The highest BCUT2D eigenvalue weighted by Crippen LogP contribution is 2.07. The van der Waals surface area contributed by atoms with Crippen molar-refractivity contribution in [3.05, 3.63) is 29.8 Å². The number of anilines is 1. The van der Waals surface area contributed by atoms with Crippen LogP contribution in [0.15, 0.2) is 24.3 Å². The molecule has 1 unspecified atom stereocenters. The van der Waals surface area contributed by atoms with Crippen LogP contribution in [0.1, 0.15) is 18.9 Å². The van der Waals surface area contributed by atoms with Crippen LogP contribution < -0.4 is 11.1 Å². The zero-order valence-corrected chi connectivity index (χ0v) is 14.1. The molecule has 0 saturated carbocycles. The van der Waals surface area contributed by atoms with E-state index in [0.717, 1.165) is 5.56 Å². The van der Waals surface area contributed by atoms with Crippen molar-refractivity contribution in [2.75, 3.05) is 32.0 Å². The minimum absolute atomic E-state index is 0. The molecule has 0 bridgehead atoms. The van der Waals surface area contributed by atoms with E-state index in [9.17, 15) is 9.59 Å². The highest BCUT2D eigenvalue weighted by Gasteiger charge is 2.25. The molecule has 1 atom stereocenters. The Labute approximate surface area is 142 Å². The number of rotatable bonds is 5. The molecule has 0 aromatic heterocycles. The maximum absolute atomic E-state index is 12.4. The molecule has 23 heavy (non-hydrogen) atoms. The molecule has 2 rings (SSSR count). The molecule has 0 radical (unpaired) electrons. The molecule has 1 aliphatic rings. The summed E-state index contributed by atoms with van der Waals surface area (Å²) in [5, 5.41) is 2.82. The van der Waals surface area contributed by atoms with E-state index in [-0.39, 0.29) is 30.6 Å². The maximum atomic E-state index is 12.4. The molecule has 0 aliphatic carbocycles. The fraction of sp³-hybridized carbons (Fsp3) is 0.500. The Balaban J connectivity index is 0.00000264. The second-order valence-corrected chi connectivity index (χ2v) is 5.38. The second-order valence-electron chi connectivity index (χ2n) is 5.38. The number of nitrogens with one attached hydrogen (secondary N) is 1. The van der Waals surface area contributed by atoms with E-state index in [1.54, 1.807) is 17.0 Å². The number of halogens is 1. The van der Waals surface area contributed by atoms with Gasteiger partial charge in [0.05, 0.1) is 19.6 Å². The average molecular weight is 342 g/mol. The average Bonchev–Trinajstić information content (AvgIpc) is 2.55. The van der Waals surface area contributed by atoms with E-state index in [4.69, 9.17) is 10.5 Å². The quantitative estimate of drug-likeness (QED) is 0.782. The minimum atomic E-state index is -0.473. The zero-order valence-electron chi connectivity index (χ0n) is 13.3. The number of nitrogen functional groups attached to an aromatic ring is 1. The predicted octanol–water partition coefficient (Wildman–Crippen LogP) is 0.987. The van der Waals surface area contributed by atoms with Gasteiger partial charge in [-0.05, 0) is 24.1 Å². The van der Waals surface area contributed by atoms with Crippen LogP contribution >= 0.6 is 12.4 Å². The Kier molecular flexibility index (Phi) is 7.85. The summed E-state index contributed by atoms with van der Waals surface area (Å²) < 4.78 is 5.24. The van der Waals surface area contributed by atoms with Crippen molar-refractivity contribution in [1.29, 1.82) is 0 Å². The fourth-order valence-corrected chi connectivity index (χ4v) is 2.41. The number of hydrogen-bond donors (Lipinski definition) is 2. The third kappa shape index (κ3) is 5.73. The van der Waals surface area contributed by atoms with Gasteiger partial charge < -0.3 is 20.7 Å². The molecule has 7 heteroatoms. The van der Waals surface area contributed by atoms with Crippen molar-refractivity contribution in [2.45, 2.75) is 25.8 Å². The lowest BCUT2D eigenvalue weighted by Gasteiger charge is -2.30. The number of morpholine rings is 1. The number of nitrogens with zero attached hydrogens (tertiary/aromatic N) is 1. The fourth-order valence-electron chi connectivity index (χ4n) is 2.41. The monoisotopic (exact) mass is 341 g/mol. The second kappa shape index (κ2) is 9.37. The van der Waals surface area contributed by atoms with Crippen molar-refractivity contribution < 1.29 is 14.3 Å². The van der Waals surface area contributed by atoms with Gasteiger partial charge in [-0.3, -0.25) is 9.59 Å². The van der Waals surface area contributed by atoms with E-state index >= 15 is 0 Å². The highest BCUT2D eigenvalue weighted by molar-refractivity contribution is 5.88. The first-order chi connectivity index (χ1) is 10.6. The summed E-state index contributed by atoms with van der Waals surface area (Å²) >= 11 is 0. The summed E-state index contributed by atoms with van der Waals surface area (Å²) in [6.07, 6.45) is 0.816. The Morgan fingerprint density at radius 2 is 1.87 bits per heavy atom. The van der Waals surface area contributed by atoms with Crippen molar-refractivity contribution in [2.24, 2.45) is 0 Å². The highest BCUT2D eigenvalue weighted by atomic mass is 35.5. The van der Waals surface area contributed by atoms with Gasteiger partial charge in [-0.15, -0.1) is 12.4 Å². The van der Waals surface area contributed by atoms with Gasteiger partial charge in [-0.2, -0.15) is 0 Å². The van der Waals surface area contributed by atoms with Crippen LogP contribution in [0.4, 0.5) is 5.69 Å². The van der Waals surface area contributed by atoms with E-state index in [1.807, 2.05) is 19.1 Å². The van der Waals surface area contributed by atoms with Crippen molar-refractivity contribution in [3.63, 3.8) is 0 Å². The molecular formula is C16H24ClN3O3. The van der Waals surface area contributed by atoms with Crippen LogP contribution in [0.3, 0.4) is 0 Å². The molecule has 1 aromatic rings. The molecule has 128 valence electrons. The third-order valence-corrected chi connectivity index (χ3v) is 3.71. The Morgan fingerprint density at radius 3 is 2.43 bits per heavy atom. The summed E-state index contributed by atoms with van der Waals surface area (Å²) in [6.45, 7) is 4.18. The largest absolute Gasteiger partial charge is 0.399 e. The summed E-state index contributed by atoms with van der Waals surface area (Å²) in [7, 11) is 0. The molecular weight excluding hydrogens is 318 g/mol. The molecule has 1 heterocycles. The molecule has 2 amide bonds. The van der Waals surface area contributed by atoms with Gasteiger partial charge >= 0.3 is 0 Å². The number of hydrogen-bond acceptors (Lipinski definition) is 4. The maximum Gasteiger partial charge on any atom is 0.245 e. The van der Waals surface area contributed by atoms with Crippen LogP contribution in [0.5, 0.6) is 0 Å². The lowest BCUT2D eigenvalue weighted by atomic mass is 10.1. The lowest BCUT2D eigenvalue weighted by Crippen LogP contribution is -2.51. The number of carbonyl (C=O) groups is 2. The molecule has 1 aromatic carbocycles. The SMILES string of the molecule is CCC(NC(=O)Cc1ccc(N)cc1)C(=O)N1CCOCC1.Cl. The topological polar surface area (TPSA) is 84.7 Å². The molecule has 1 aliphatic heterocycles. The first-order valence-electron chi connectivity index (χ1n) is 7.60. The van der Waals surface area contributed by atoms with Gasteiger partial charge in [-0.25, -0.2) is 0 Å². The molecule has 6 nitrogen and oxygen atoms in total. The number of benzene rings is 1. The first-order valence-corrected chi connectivity index (χ1v) is 7.60. The standard InChI is InChI=1S/C16H23N3O3.ClH/c1-2-14(16(21)19-7-9-22-10-8-19)18-15(20)11-12-3-5-13(17)6-4-12;/h3-6,14H,2,7-11,17H2,1H3,(H,18,20);1H. The van der Waals surface area contributed by atoms with Gasteiger partial charge in [0, 0.05) is 18.8 Å². The summed E-state index contributed by atoms with van der Waals surface area (Å²) in [5.41, 5.74) is 7.16. The summed E-state index contributed by atoms with van der Waals surface area (Å²) in [6, 6.07) is 6.69. The zero-order chi connectivity index (χ0) is 15.9. The lowest BCUT2D eigenvalue weighted by molar-refractivity contribution is -0.139. The Bertz CT molecular complexity index is 516. The normalized spacial score (nSPS) is 15.4. The Hall–Kier alpha value is -1.79. The van der Waals surface area contributed by atoms with Gasteiger partial charge in [0.15, 0.2) is 0 Å². The van der Waals surface area contributed by atoms with Crippen LogP contribution in [0.2, 0.25) is 0 Å². The molecule has 1 fully saturated rings. The molecule has 3 N–H and O–H groups in total. The third-order valence-electron chi connectivity index (χ3n) is 3.71. The predicted molar refractivity (Wildman–Crippen MR) is 91.4 cm³/mol. The number of nitrogens with two attached hydrogens (primary N) is 1. The van der Waals surface area contributed by atoms with Gasteiger partial charge in [0.25, 0.3) is 0 Å². The molecule has 1 saturated heterocycles. The van der Waals surface area contributed by atoms with E-state index in [2.05, 4.69) is 5.32 Å². The van der Waals surface area contributed by atoms with Crippen LogP contribution in [-0.4, -0.2) is 49.1 Å². The smallest absolute Gasteiger partial charge is 0.245 e. The van der Waals surface area contributed by atoms with Gasteiger partial charge in [-0.1, -0.05) is 19.1 Å². The van der Waals surface area contributed by atoms with Crippen molar-refractivity contribution >= 4 is 29.9 Å². The van der Waals surface area contributed by atoms with Gasteiger partial charge in [0.1, 0.15) is 6.04 Å². The van der Waals surface area contributed by atoms with Crippen LogP contribution in [0, 0.1) is 0 Å². The number of amides is 2. The van der Waals surface area contributed by atoms with E-state index in [0.29, 0.717) is 38.4 Å². The van der Waals surface area contributed by atoms with E-state index < -0.39 is 6.04 Å². The van der Waals surface area contributed by atoms with Crippen LogP contribution in [0.25, 0.3) is 0 Å². The number of carbonyl (C=O) groups excluding carboxylic acids is 2. The molecule has 0 spiro atoms. The summed E-state index contributed by atoms with van der Waals surface area (Å²) in [5.74, 6) is -0.185. The van der Waals surface area contributed by atoms with Crippen LogP contribution in [-0.2, 0) is 20.7 Å². The van der Waals surface area contributed by atoms with Crippen molar-refractivity contribution in [3.8, 4) is 0 Å². The minimum Gasteiger partial charge on any atom is -0.399 e. The van der Waals surface area contributed by atoms with E-state index in [1.165, 1.54) is 0 Å². The van der Waals surface area contributed by atoms with Crippen molar-refractivity contribution in [1.82, 2.24) is 10.2 Å².